The number of aromatic nitrogens is 4. The average Bonchev–Trinajstić information content (AvgIpc) is 2.33. The summed E-state index contributed by atoms with van der Waals surface area (Å²) < 4.78 is 2.37. The second kappa shape index (κ2) is 2.02. The fourth-order valence-corrected chi connectivity index (χ4v) is 0.971. The lowest BCUT2D eigenvalue weighted by molar-refractivity contribution is 0.934. The smallest absolute Gasteiger partial charge is 0.205 e. The van der Waals surface area contributed by atoms with Gasteiger partial charge in [-0.2, -0.15) is 10.1 Å². The predicted molar refractivity (Wildman–Crippen MR) is 38.5 cm³/mol. The van der Waals surface area contributed by atoms with E-state index in [1.54, 1.807) is 10.7 Å². The fourth-order valence-electron chi connectivity index (χ4n) is 0.694. The molecule has 0 saturated carbocycles. The van der Waals surface area contributed by atoms with Gasteiger partial charge in [0.2, 0.25) is 0 Å². The molecule has 0 saturated heterocycles. The summed E-state index contributed by atoms with van der Waals surface area (Å²) in [6, 6.07) is 1.81. The zero-order valence-corrected chi connectivity index (χ0v) is 6.48. The molecule has 2 heterocycles. The summed E-state index contributed by atoms with van der Waals surface area (Å²) in [7, 11) is 0. The van der Waals surface area contributed by atoms with E-state index in [9.17, 15) is 0 Å². The van der Waals surface area contributed by atoms with Crippen LogP contribution in [0.4, 0.5) is 0 Å². The number of nitrogens with zero attached hydrogens (tertiary/aromatic N) is 4. The second-order valence-corrected chi connectivity index (χ2v) is 2.57. The summed E-state index contributed by atoms with van der Waals surface area (Å²) >= 11 is 3.22. The van der Waals surface area contributed by atoms with Crippen LogP contribution >= 0.6 is 15.9 Å². The van der Waals surface area contributed by atoms with Crippen molar-refractivity contribution in [3.8, 4) is 0 Å². The Labute approximate surface area is 65.0 Å². The molecule has 5 heteroatoms. The molecule has 0 spiro atoms. The normalized spacial score (nSPS) is 10.5. The van der Waals surface area contributed by atoms with E-state index in [-0.39, 0.29) is 0 Å². The maximum atomic E-state index is 4.04. The van der Waals surface area contributed by atoms with E-state index in [2.05, 4.69) is 31.0 Å². The lowest BCUT2D eigenvalue weighted by Gasteiger charge is -1.88. The largest absolute Gasteiger partial charge is 0.253 e. The van der Waals surface area contributed by atoms with Crippen molar-refractivity contribution in [2.45, 2.75) is 0 Å². The van der Waals surface area contributed by atoms with Gasteiger partial charge in [0.25, 0.3) is 5.78 Å². The molecule has 0 amide bonds. The Morgan fingerprint density at radius 3 is 3.30 bits per heavy atom. The van der Waals surface area contributed by atoms with Gasteiger partial charge in [0.15, 0.2) is 0 Å². The Bertz CT molecular complexity index is 355. The third-order valence-electron chi connectivity index (χ3n) is 1.11. The molecule has 2 aromatic rings. The highest BCUT2D eigenvalue weighted by Gasteiger charge is 1.94. The topological polar surface area (TPSA) is 43.1 Å². The van der Waals surface area contributed by atoms with E-state index in [1.165, 1.54) is 6.33 Å². The minimum atomic E-state index is 0.606. The molecular weight excluding hydrogens is 196 g/mol. The molecule has 2 aromatic heterocycles. The Balaban J connectivity index is 2.86. The first-order valence-corrected chi connectivity index (χ1v) is 3.47. The van der Waals surface area contributed by atoms with Gasteiger partial charge in [0.1, 0.15) is 10.9 Å². The van der Waals surface area contributed by atoms with E-state index >= 15 is 0 Å². The van der Waals surface area contributed by atoms with Gasteiger partial charge < -0.3 is 0 Å². The summed E-state index contributed by atoms with van der Waals surface area (Å²) in [6.45, 7) is 0. The molecule has 2 rings (SSSR count). The Morgan fingerprint density at radius 2 is 2.40 bits per heavy atom. The lowest BCUT2D eigenvalue weighted by Crippen LogP contribution is -1.88. The number of fused-ring (bicyclic) bond motifs is 1. The van der Waals surface area contributed by atoms with Crippen LogP contribution in [0.5, 0.6) is 0 Å². The monoisotopic (exact) mass is 198 g/mol. The second-order valence-electron chi connectivity index (χ2n) is 1.75. The highest BCUT2D eigenvalue weighted by molar-refractivity contribution is 9.10. The minimum absolute atomic E-state index is 0.606. The van der Waals surface area contributed by atoms with E-state index in [0.717, 1.165) is 4.60 Å². The van der Waals surface area contributed by atoms with E-state index in [4.69, 9.17) is 0 Å². The summed E-state index contributed by atoms with van der Waals surface area (Å²) in [5.74, 6) is 0.606. The molecule has 4 nitrogen and oxygen atoms in total. The van der Waals surface area contributed by atoms with Crippen LogP contribution in [0.2, 0.25) is 0 Å². The van der Waals surface area contributed by atoms with Crippen molar-refractivity contribution in [1.82, 2.24) is 19.6 Å². The zero-order valence-electron chi connectivity index (χ0n) is 4.90. The van der Waals surface area contributed by atoms with E-state index in [1.807, 2.05) is 6.07 Å². The molecule has 0 radical (unpaired) electrons. The lowest BCUT2D eigenvalue weighted by atomic mass is 10.7. The van der Waals surface area contributed by atoms with Gasteiger partial charge in [-0.15, -0.1) is 0 Å². The van der Waals surface area contributed by atoms with Crippen molar-refractivity contribution in [3.05, 3.63) is 23.2 Å². The van der Waals surface area contributed by atoms with Crippen molar-refractivity contribution >= 4 is 21.7 Å². The summed E-state index contributed by atoms with van der Waals surface area (Å²) in [4.78, 5) is 7.93. The predicted octanol–water partition coefficient (Wildman–Crippen LogP) is 0.887. The van der Waals surface area contributed by atoms with Crippen LogP contribution in [0.3, 0.4) is 0 Å². The molecule has 0 aromatic carbocycles. The maximum absolute atomic E-state index is 4.04. The van der Waals surface area contributed by atoms with Crippen LogP contribution in [0.1, 0.15) is 0 Å². The number of hydrogen-bond donors (Lipinski definition) is 0. The van der Waals surface area contributed by atoms with Gasteiger partial charge in [-0.25, -0.2) is 9.50 Å². The van der Waals surface area contributed by atoms with Crippen molar-refractivity contribution in [3.63, 3.8) is 0 Å². The fraction of sp³-hybridized carbons (Fsp3) is 0. The van der Waals surface area contributed by atoms with Crippen molar-refractivity contribution in [2.24, 2.45) is 0 Å². The molecule has 0 fully saturated rings. The maximum Gasteiger partial charge on any atom is 0.253 e. The third kappa shape index (κ3) is 0.786. The van der Waals surface area contributed by atoms with Gasteiger partial charge in [-0.1, -0.05) is 0 Å². The quantitative estimate of drug-likeness (QED) is 0.591. The van der Waals surface area contributed by atoms with Crippen LogP contribution in [0.25, 0.3) is 5.78 Å². The number of hydrogen-bond acceptors (Lipinski definition) is 3. The first-order chi connectivity index (χ1) is 4.86. The highest BCUT2D eigenvalue weighted by atomic mass is 79.9. The molecule has 0 aliphatic carbocycles. The molecule has 0 aliphatic heterocycles. The van der Waals surface area contributed by atoms with Crippen LogP contribution in [-0.2, 0) is 0 Å². The van der Waals surface area contributed by atoms with Gasteiger partial charge in [-0.3, -0.25) is 0 Å². The van der Waals surface area contributed by atoms with Crippen molar-refractivity contribution in [2.75, 3.05) is 0 Å². The van der Waals surface area contributed by atoms with Crippen LogP contribution in [0, 0.1) is 0 Å². The molecule has 0 unspecified atom stereocenters. The molecule has 0 aliphatic rings. The highest BCUT2D eigenvalue weighted by Crippen LogP contribution is 2.04. The van der Waals surface area contributed by atoms with Gasteiger partial charge in [0.05, 0.1) is 0 Å². The van der Waals surface area contributed by atoms with Crippen molar-refractivity contribution < 1.29 is 0 Å². The first kappa shape index (κ1) is 5.79. The third-order valence-corrected chi connectivity index (χ3v) is 1.56. The number of rotatable bonds is 0. The first-order valence-electron chi connectivity index (χ1n) is 2.68. The van der Waals surface area contributed by atoms with Crippen LogP contribution < -0.4 is 0 Å². The molecule has 0 bridgehead atoms. The molecule has 0 N–H and O–H groups in total. The minimum Gasteiger partial charge on any atom is -0.205 e. The Morgan fingerprint density at radius 1 is 1.50 bits per heavy atom. The standard InChI is InChI=1S/C5H3BrN4/c6-4-1-2-10-5(9-4)7-3-8-10/h1-3H. The SMILES string of the molecule is Brc1ccn2ncnc2n1. The van der Waals surface area contributed by atoms with Gasteiger partial charge in [0, 0.05) is 6.20 Å². The van der Waals surface area contributed by atoms with Crippen LogP contribution in [-0.4, -0.2) is 19.6 Å². The van der Waals surface area contributed by atoms with E-state index in [0.29, 0.717) is 5.78 Å². The van der Waals surface area contributed by atoms with Gasteiger partial charge >= 0.3 is 0 Å². The Hall–Kier alpha value is -0.970. The average molecular weight is 199 g/mol. The summed E-state index contributed by atoms with van der Waals surface area (Å²) in [5, 5.41) is 3.88. The summed E-state index contributed by atoms with van der Waals surface area (Å²) in [6.07, 6.45) is 3.26. The molecular formula is C5H3BrN4. The number of halogens is 1. The molecule has 0 atom stereocenters. The van der Waals surface area contributed by atoms with Gasteiger partial charge in [-0.05, 0) is 22.0 Å². The van der Waals surface area contributed by atoms with E-state index < -0.39 is 0 Å². The zero-order chi connectivity index (χ0) is 6.97. The Kier molecular flexibility index (Phi) is 1.17. The van der Waals surface area contributed by atoms with Crippen LogP contribution in [0.15, 0.2) is 23.2 Å². The molecule has 10 heavy (non-hydrogen) atoms. The molecule has 50 valence electrons. The summed E-state index contributed by atoms with van der Waals surface area (Å²) in [5.41, 5.74) is 0. The van der Waals surface area contributed by atoms with Crippen molar-refractivity contribution in [1.29, 1.82) is 0 Å².